The van der Waals surface area contributed by atoms with Gasteiger partial charge in [0.1, 0.15) is 0 Å². The Morgan fingerprint density at radius 1 is 1.62 bits per heavy atom. The third kappa shape index (κ3) is 1.84. The van der Waals surface area contributed by atoms with E-state index in [9.17, 15) is 4.21 Å². The Kier molecular flexibility index (Phi) is 2.50. The second-order valence-electron chi connectivity index (χ2n) is 1.84. The molecular formula is C5H12O2S. The zero-order valence-corrected chi connectivity index (χ0v) is 6.29. The standard InChI is InChI=1S/C5H12O2S/c1-4-8(6,7)5(2)3/h4H2,1-3H3,(H,6,7). The third-order valence-electron chi connectivity index (χ3n) is 1.03. The Balaban J connectivity index is 4.63. The van der Waals surface area contributed by atoms with E-state index in [0.717, 1.165) is 0 Å². The van der Waals surface area contributed by atoms with Crippen LogP contribution < -0.4 is 0 Å². The third-order valence-corrected chi connectivity index (χ3v) is 3.09. The summed E-state index contributed by atoms with van der Waals surface area (Å²) in [6, 6.07) is 0. The lowest BCUT2D eigenvalue weighted by Crippen LogP contribution is -2.09. The fourth-order valence-electron chi connectivity index (χ4n) is 0.289. The Morgan fingerprint density at radius 2 is 2.00 bits per heavy atom. The fourth-order valence-corrected chi connectivity index (χ4v) is 0.866. The van der Waals surface area contributed by atoms with Crippen LogP contribution in [-0.2, 0) is 9.80 Å². The molecule has 0 saturated heterocycles. The molecule has 0 aromatic rings. The van der Waals surface area contributed by atoms with Crippen LogP contribution in [0.25, 0.3) is 0 Å². The Bertz CT molecular complexity index is 171. The van der Waals surface area contributed by atoms with Gasteiger partial charge in [0.25, 0.3) is 0 Å². The van der Waals surface area contributed by atoms with E-state index in [1.165, 1.54) is 0 Å². The van der Waals surface area contributed by atoms with Gasteiger partial charge in [-0.3, -0.25) is 0 Å². The molecule has 0 heterocycles. The van der Waals surface area contributed by atoms with Gasteiger partial charge in [0.05, 0.1) is 9.80 Å². The molecule has 0 bridgehead atoms. The first-order valence-electron chi connectivity index (χ1n) is 2.55. The van der Waals surface area contributed by atoms with Crippen LogP contribution in [0.3, 0.4) is 0 Å². The molecule has 3 heteroatoms. The van der Waals surface area contributed by atoms with Crippen LogP contribution in [0.15, 0.2) is 0 Å². The van der Waals surface area contributed by atoms with Crippen molar-refractivity contribution in [1.29, 1.82) is 0 Å². The maximum atomic E-state index is 10.8. The van der Waals surface area contributed by atoms with Crippen molar-refractivity contribution in [3.8, 4) is 0 Å². The van der Waals surface area contributed by atoms with Crippen LogP contribution in [0.2, 0.25) is 0 Å². The quantitative estimate of drug-likeness (QED) is 0.545. The van der Waals surface area contributed by atoms with Gasteiger partial charge >= 0.3 is 0 Å². The van der Waals surface area contributed by atoms with Gasteiger partial charge in [-0.1, -0.05) is 6.92 Å². The van der Waals surface area contributed by atoms with Gasteiger partial charge in [0.2, 0.25) is 0 Å². The number of rotatable bonds is 1. The van der Waals surface area contributed by atoms with E-state index < -0.39 is 9.80 Å². The monoisotopic (exact) mass is 136 g/mol. The summed E-state index contributed by atoms with van der Waals surface area (Å²) in [5.74, 6) is 0.329. The summed E-state index contributed by atoms with van der Waals surface area (Å²) in [4.78, 5) is 0.611. The predicted octanol–water partition coefficient (Wildman–Crippen LogP) is 0.976. The van der Waals surface area contributed by atoms with Crippen molar-refractivity contribution in [2.24, 2.45) is 0 Å². The maximum absolute atomic E-state index is 10.8. The maximum Gasteiger partial charge on any atom is 0.0798 e. The highest BCUT2D eigenvalue weighted by atomic mass is 32.2. The van der Waals surface area contributed by atoms with E-state index in [2.05, 4.69) is 0 Å². The highest BCUT2D eigenvalue weighted by molar-refractivity contribution is 7.97. The summed E-state index contributed by atoms with van der Waals surface area (Å²) in [5, 5.41) is 0. The van der Waals surface area contributed by atoms with Crippen molar-refractivity contribution in [2.75, 3.05) is 5.75 Å². The molecule has 0 saturated carbocycles. The van der Waals surface area contributed by atoms with Crippen LogP contribution in [0.5, 0.6) is 0 Å². The first-order chi connectivity index (χ1) is 3.50. The van der Waals surface area contributed by atoms with Gasteiger partial charge in [-0.25, -0.2) is 4.21 Å². The smallest absolute Gasteiger partial charge is 0.0798 e. The lowest BCUT2D eigenvalue weighted by molar-refractivity contribution is 0.560. The minimum atomic E-state index is -2.57. The topological polar surface area (TPSA) is 37.3 Å². The molecule has 0 aromatic heterocycles. The van der Waals surface area contributed by atoms with E-state index in [4.69, 9.17) is 4.55 Å². The van der Waals surface area contributed by atoms with E-state index in [-0.39, 0.29) is 0 Å². The molecule has 0 amide bonds. The van der Waals surface area contributed by atoms with E-state index in [1.54, 1.807) is 20.8 Å². The predicted molar refractivity (Wildman–Crippen MR) is 37.7 cm³/mol. The van der Waals surface area contributed by atoms with Crippen LogP contribution >= 0.6 is 0 Å². The summed E-state index contributed by atoms with van der Waals surface area (Å²) >= 11 is 0. The van der Waals surface area contributed by atoms with Crippen LogP contribution in [0, 0.1) is 0 Å². The molecule has 8 heavy (non-hydrogen) atoms. The molecule has 0 fully saturated rings. The summed E-state index contributed by atoms with van der Waals surface area (Å²) in [5.41, 5.74) is 0. The Hall–Kier alpha value is -0.0200. The van der Waals surface area contributed by atoms with Gasteiger partial charge in [-0.15, -0.1) is 0 Å². The number of hydrogen-bond donors (Lipinski definition) is 1. The summed E-state index contributed by atoms with van der Waals surface area (Å²) < 4.78 is 19.7. The second-order valence-corrected chi connectivity index (χ2v) is 4.51. The van der Waals surface area contributed by atoms with Crippen LogP contribution in [0.1, 0.15) is 20.8 Å². The van der Waals surface area contributed by atoms with E-state index >= 15 is 0 Å². The zero-order chi connectivity index (χ0) is 6.78. The second kappa shape index (κ2) is 2.51. The average molecular weight is 136 g/mol. The highest BCUT2D eigenvalue weighted by Gasteiger charge is 1.97. The minimum absolute atomic E-state index is 0.329. The highest BCUT2D eigenvalue weighted by Crippen LogP contribution is 1.87. The van der Waals surface area contributed by atoms with Gasteiger partial charge in [-0.2, -0.15) is 0 Å². The lowest BCUT2D eigenvalue weighted by atomic mass is 10.6. The minimum Gasteiger partial charge on any atom is -0.313 e. The van der Waals surface area contributed by atoms with Gasteiger partial charge in [0, 0.05) is 10.6 Å². The molecule has 50 valence electrons. The molecule has 0 aliphatic rings. The molecule has 2 nitrogen and oxygen atoms in total. The average Bonchev–Trinajstić information content (AvgIpc) is 1.67. The zero-order valence-electron chi connectivity index (χ0n) is 5.47. The largest absolute Gasteiger partial charge is 0.313 e. The van der Waals surface area contributed by atoms with E-state index in [1.807, 2.05) is 0 Å². The molecule has 0 rings (SSSR count). The molecule has 0 spiro atoms. The first-order valence-corrected chi connectivity index (χ1v) is 4.23. The van der Waals surface area contributed by atoms with Gasteiger partial charge < -0.3 is 4.55 Å². The molecule has 0 radical (unpaired) electrons. The van der Waals surface area contributed by atoms with Crippen molar-refractivity contribution in [2.45, 2.75) is 20.8 Å². The summed E-state index contributed by atoms with van der Waals surface area (Å²) in [6.45, 7) is 5.05. The number of hydrogen-bond acceptors (Lipinski definition) is 1. The first kappa shape index (κ1) is 7.98. The Morgan fingerprint density at radius 3 is 2.00 bits per heavy atom. The van der Waals surface area contributed by atoms with Crippen molar-refractivity contribution in [3.05, 3.63) is 0 Å². The molecular weight excluding hydrogens is 124 g/mol. The SMILES string of the molecule is CCS(=O)(O)=C(C)C. The fraction of sp³-hybridized carbons (Fsp3) is 0.800. The van der Waals surface area contributed by atoms with Crippen LogP contribution in [-0.4, -0.2) is 19.4 Å². The van der Waals surface area contributed by atoms with Crippen molar-refractivity contribution >= 4 is 14.7 Å². The molecule has 0 aliphatic carbocycles. The summed E-state index contributed by atoms with van der Waals surface area (Å²) in [6.07, 6.45) is 0. The molecule has 0 aromatic carbocycles. The normalized spacial score (nSPS) is 17.5. The molecule has 1 N–H and O–H groups in total. The van der Waals surface area contributed by atoms with E-state index in [0.29, 0.717) is 10.6 Å². The van der Waals surface area contributed by atoms with Gasteiger partial charge in [-0.05, 0) is 13.8 Å². The van der Waals surface area contributed by atoms with Crippen molar-refractivity contribution in [3.63, 3.8) is 0 Å². The Labute approximate surface area is 50.7 Å². The lowest BCUT2D eigenvalue weighted by Gasteiger charge is -1.99. The van der Waals surface area contributed by atoms with Crippen molar-refractivity contribution < 1.29 is 8.76 Å². The van der Waals surface area contributed by atoms with Crippen molar-refractivity contribution in [1.82, 2.24) is 0 Å². The van der Waals surface area contributed by atoms with Crippen LogP contribution in [0.4, 0.5) is 0 Å². The van der Waals surface area contributed by atoms with Gasteiger partial charge in [0.15, 0.2) is 0 Å². The molecule has 1 atom stereocenters. The molecule has 1 unspecified atom stereocenters. The molecule has 0 aliphatic heterocycles. The summed E-state index contributed by atoms with van der Waals surface area (Å²) in [7, 11) is -2.57.